The molecule has 3 heteroatoms. The van der Waals surface area contributed by atoms with Crippen LogP contribution in [-0.4, -0.2) is 0 Å². The van der Waals surface area contributed by atoms with Crippen molar-refractivity contribution in [2.24, 2.45) is 0 Å². The van der Waals surface area contributed by atoms with Crippen LogP contribution in [0.5, 0.6) is 0 Å². The lowest BCUT2D eigenvalue weighted by Gasteiger charge is -2.28. The second kappa shape index (κ2) is 13.2. The van der Waals surface area contributed by atoms with Crippen LogP contribution in [0, 0.1) is 0 Å². The van der Waals surface area contributed by atoms with Gasteiger partial charge in [0.25, 0.3) is 0 Å². The Morgan fingerprint density at radius 1 is 0.350 bits per heavy atom. The molecule has 0 fully saturated rings. The van der Waals surface area contributed by atoms with Gasteiger partial charge in [0.15, 0.2) is 0 Å². The molecule has 1 aliphatic carbocycles. The molecule has 2 aromatic heterocycles. The molecule has 12 rings (SSSR count). The molecule has 0 radical (unpaired) electrons. The summed E-state index contributed by atoms with van der Waals surface area (Å²) >= 11 is 0. The molecule has 2 heterocycles. The molecular formula is C57H39NO2. The molecule has 0 aliphatic heterocycles. The zero-order valence-electron chi connectivity index (χ0n) is 33.3. The molecule has 3 nitrogen and oxygen atoms in total. The standard InChI is InChI=1S/C57H39NO2/c1-57(2)50-21-7-3-14-44(50)49-35-38(29-34-51(49)57)41-13-4-8-22-52(41)58(39-30-25-36(26-31-39)42-17-11-19-47-45-15-5-9-23-53(45)59-55(42)47)40-32-27-37(28-33-40)43-18-12-20-48-46-16-6-10-24-54(46)60-56(43)48/h3-35H,1-2H3. The quantitative estimate of drug-likeness (QED) is 0.169. The van der Waals surface area contributed by atoms with E-state index in [-0.39, 0.29) is 5.41 Å². The van der Waals surface area contributed by atoms with Crippen LogP contribution in [0.25, 0.3) is 88.4 Å². The first-order valence-corrected chi connectivity index (χ1v) is 20.7. The third kappa shape index (κ3) is 5.22. The second-order valence-electron chi connectivity index (χ2n) is 16.4. The number of benzene rings is 9. The second-order valence-corrected chi connectivity index (χ2v) is 16.4. The summed E-state index contributed by atoms with van der Waals surface area (Å²) in [7, 11) is 0. The van der Waals surface area contributed by atoms with Crippen molar-refractivity contribution in [2.45, 2.75) is 19.3 Å². The minimum absolute atomic E-state index is 0.0566. The Morgan fingerprint density at radius 2 is 0.800 bits per heavy atom. The fourth-order valence-electron chi connectivity index (χ4n) is 9.76. The number of hydrogen-bond acceptors (Lipinski definition) is 3. The van der Waals surface area contributed by atoms with E-state index in [9.17, 15) is 0 Å². The summed E-state index contributed by atoms with van der Waals surface area (Å²) in [4.78, 5) is 2.39. The molecule has 1 aliphatic rings. The Morgan fingerprint density at radius 3 is 1.40 bits per heavy atom. The van der Waals surface area contributed by atoms with E-state index in [1.807, 2.05) is 24.3 Å². The fourth-order valence-corrected chi connectivity index (χ4v) is 9.76. The summed E-state index contributed by atoms with van der Waals surface area (Å²) in [6.45, 7) is 4.67. The fraction of sp³-hybridized carbons (Fsp3) is 0.0526. The van der Waals surface area contributed by atoms with E-state index in [0.717, 1.165) is 88.8 Å². The minimum Gasteiger partial charge on any atom is -0.455 e. The predicted octanol–water partition coefficient (Wildman–Crippen LogP) is 16.3. The molecule has 0 saturated heterocycles. The minimum atomic E-state index is -0.0566. The highest BCUT2D eigenvalue weighted by molar-refractivity contribution is 6.10. The van der Waals surface area contributed by atoms with Crippen LogP contribution in [0.1, 0.15) is 25.0 Å². The van der Waals surface area contributed by atoms with Crippen molar-refractivity contribution < 1.29 is 8.83 Å². The van der Waals surface area contributed by atoms with Crippen molar-refractivity contribution >= 4 is 60.9 Å². The lowest BCUT2D eigenvalue weighted by molar-refractivity contribution is 0.660. The number of rotatable bonds is 6. The Hall–Kier alpha value is -7.62. The molecule has 60 heavy (non-hydrogen) atoms. The van der Waals surface area contributed by atoms with Crippen LogP contribution >= 0.6 is 0 Å². The third-order valence-electron chi connectivity index (χ3n) is 12.7. The zero-order valence-corrected chi connectivity index (χ0v) is 33.3. The predicted molar refractivity (Wildman–Crippen MR) is 250 cm³/mol. The number of furan rings is 2. The number of fused-ring (bicyclic) bond motifs is 9. The van der Waals surface area contributed by atoms with Gasteiger partial charge in [-0.05, 0) is 87.5 Å². The van der Waals surface area contributed by atoms with Gasteiger partial charge in [-0.25, -0.2) is 0 Å². The molecule has 284 valence electrons. The van der Waals surface area contributed by atoms with Gasteiger partial charge in [-0.1, -0.05) is 166 Å². The number of para-hydroxylation sites is 5. The Balaban J connectivity index is 1.00. The van der Waals surface area contributed by atoms with Crippen molar-refractivity contribution in [1.82, 2.24) is 0 Å². The zero-order chi connectivity index (χ0) is 40.0. The normalized spacial score (nSPS) is 13.0. The molecule has 0 atom stereocenters. The van der Waals surface area contributed by atoms with Crippen LogP contribution in [0.4, 0.5) is 17.1 Å². The summed E-state index contributed by atoms with van der Waals surface area (Å²) in [5.74, 6) is 0. The molecule has 0 unspecified atom stereocenters. The maximum absolute atomic E-state index is 6.46. The van der Waals surface area contributed by atoms with E-state index in [4.69, 9.17) is 8.83 Å². The van der Waals surface area contributed by atoms with Gasteiger partial charge in [0.05, 0.1) is 5.69 Å². The highest BCUT2D eigenvalue weighted by Gasteiger charge is 2.35. The van der Waals surface area contributed by atoms with Gasteiger partial charge < -0.3 is 13.7 Å². The summed E-state index contributed by atoms with van der Waals surface area (Å²) in [6, 6.07) is 71.9. The van der Waals surface area contributed by atoms with E-state index in [1.165, 1.54) is 27.8 Å². The van der Waals surface area contributed by atoms with Gasteiger partial charge in [0, 0.05) is 55.0 Å². The van der Waals surface area contributed by atoms with E-state index >= 15 is 0 Å². The molecule has 11 aromatic rings. The number of hydrogen-bond donors (Lipinski definition) is 0. The van der Waals surface area contributed by atoms with Crippen LogP contribution in [0.15, 0.2) is 209 Å². The third-order valence-corrected chi connectivity index (χ3v) is 12.7. The first-order valence-electron chi connectivity index (χ1n) is 20.7. The number of anilines is 3. The first kappa shape index (κ1) is 34.4. The van der Waals surface area contributed by atoms with Gasteiger partial charge in [-0.3, -0.25) is 0 Å². The molecule has 0 bridgehead atoms. The topological polar surface area (TPSA) is 29.5 Å². The van der Waals surface area contributed by atoms with Crippen molar-refractivity contribution in [3.05, 3.63) is 211 Å². The SMILES string of the molecule is CC1(C)c2ccccc2-c2cc(-c3ccccc3N(c3ccc(-c4cccc5c4oc4ccccc45)cc3)c3ccc(-c4cccc5c4oc4ccccc45)cc3)ccc21. The van der Waals surface area contributed by atoms with E-state index in [0.29, 0.717) is 0 Å². The molecule has 0 spiro atoms. The lowest BCUT2D eigenvalue weighted by Crippen LogP contribution is -2.14. The van der Waals surface area contributed by atoms with Gasteiger partial charge in [-0.15, -0.1) is 0 Å². The number of nitrogens with zero attached hydrogens (tertiary/aromatic N) is 1. The molecule has 9 aromatic carbocycles. The van der Waals surface area contributed by atoms with E-state index in [1.54, 1.807) is 0 Å². The first-order chi connectivity index (χ1) is 29.5. The van der Waals surface area contributed by atoms with Gasteiger partial charge in [-0.2, -0.15) is 0 Å². The van der Waals surface area contributed by atoms with Crippen LogP contribution in [-0.2, 0) is 5.41 Å². The van der Waals surface area contributed by atoms with Crippen molar-refractivity contribution in [3.8, 4) is 44.5 Å². The van der Waals surface area contributed by atoms with Crippen molar-refractivity contribution in [3.63, 3.8) is 0 Å². The summed E-state index contributed by atoms with van der Waals surface area (Å²) in [5.41, 5.74) is 18.9. The van der Waals surface area contributed by atoms with Crippen molar-refractivity contribution in [2.75, 3.05) is 4.90 Å². The van der Waals surface area contributed by atoms with Gasteiger partial charge in [0.2, 0.25) is 0 Å². The maximum atomic E-state index is 6.46. The molecular weight excluding hydrogens is 731 g/mol. The summed E-state index contributed by atoms with van der Waals surface area (Å²) in [5, 5.41) is 4.52. The average Bonchev–Trinajstić information content (AvgIpc) is 3.95. The monoisotopic (exact) mass is 769 g/mol. The van der Waals surface area contributed by atoms with E-state index < -0.39 is 0 Å². The highest BCUT2D eigenvalue weighted by atomic mass is 16.3. The summed E-state index contributed by atoms with van der Waals surface area (Å²) < 4.78 is 12.9. The van der Waals surface area contributed by atoms with E-state index in [2.05, 4.69) is 195 Å². The molecule has 0 amide bonds. The highest BCUT2D eigenvalue weighted by Crippen LogP contribution is 2.51. The largest absolute Gasteiger partial charge is 0.455 e. The van der Waals surface area contributed by atoms with Crippen LogP contribution < -0.4 is 4.90 Å². The maximum Gasteiger partial charge on any atom is 0.143 e. The lowest BCUT2D eigenvalue weighted by atomic mass is 9.82. The average molecular weight is 770 g/mol. The summed E-state index contributed by atoms with van der Waals surface area (Å²) in [6.07, 6.45) is 0. The Labute approximate surface area is 348 Å². The smallest absolute Gasteiger partial charge is 0.143 e. The van der Waals surface area contributed by atoms with Gasteiger partial charge >= 0.3 is 0 Å². The van der Waals surface area contributed by atoms with Gasteiger partial charge in [0.1, 0.15) is 22.3 Å². The van der Waals surface area contributed by atoms with Crippen LogP contribution in [0.2, 0.25) is 0 Å². The van der Waals surface area contributed by atoms with Crippen molar-refractivity contribution in [1.29, 1.82) is 0 Å². The Kier molecular flexibility index (Phi) is 7.58. The molecule has 0 N–H and O–H groups in total. The molecule has 0 saturated carbocycles. The Bertz CT molecular complexity index is 3300. The van der Waals surface area contributed by atoms with Crippen LogP contribution in [0.3, 0.4) is 0 Å².